The second-order valence-electron chi connectivity index (χ2n) is 5.57. The van der Waals surface area contributed by atoms with Crippen LogP contribution in [0, 0.1) is 28.7 Å². The van der Waals surface area contributed by atoms with Gasteiger partial charge in [0, 0.05) is 5.69 Å². The van der Waals surface area contributed by atoms with Gasteiger partial charge in [0.25, 0.3) is 5.91 Å². The molecule has 0 fully saturated rings. The minimum absolute atomic E-state index is 0.0564. The number of carbonyl (C=O) groups excluding carboxylic acids is 1. The molecule has 2 rings (SSSR count). The maximum atomic E-state index is 12.4. The smallest absolute Gasteiger partial charge is 0.266 e. The Morgan fingerprint density at radius 1 is 1.28 bits per heavy atom. The molecular formula is C20H19IN2O2. The fourth-order valence-corrected chi connectivity index (χ4v) is 2.95. The van der Waals surface area contributed by atoms with Gasteiger partial charge in [0.05, 0.1) is 10.2 Å². The van der Waals surface area contributed by atoms with Crippen molar-refractivity contribution < 1.29 is 9.53 Å². The van der Waals surface area contributed by atoms with E-state index in [0.717, 1.165) is 26.0 Å². The zero-order valence-electron chi connectivity index (χ0n) is 14.4. The Bertz CT molecular complexity index is 866. The number of aryl methyl sites for hydroxylation is 2. The van der Waals surface area contributed by atoms with E-state index in [1.54, 1.807) is 6.08 Å². The second kappa shape index (κ2) is 8.67. The summed E-state index contributed by atoms with van der Waals surface area (Å²) in [5.74, 6) is 0.374. The summed E-state index contributed by atoms with van der Waals surface area (Å²) >= 11 is 2.17. The van der Waals surface area contributed by atoms with Crippen molar-refractivity contribution in [2.24, 2.45) is 0 Å². The number of amides is 1. The topological polar surface area (TPSA) is 62.1 Å². The maximum absolute atomic E-state index is 12.4. The lowest BCUT2D eigenvalue weighted by atomic mass is 10.1. The number of hydrogen-bond acceptors (Lipinski definition) is 3. The molecule has 128 valence electrons. The highest BCUT2D eigenvalue weighted by Crippen LogP contribution is 2.24. The molecule has 1 amide bonds. The molecule has 25 heavy (non-hydrogen) atoms. The Kier molecular flexibility index (Phi) is 6.59. The molecule has 0 aliphatic rings. The van der Waals surface area contributed by atoms with Crippen LogP contribution in [0.5, 0.6) is 5.75 Å². The molecule has 2 aromatic rings. The number of rotatable bonds is 5. The average Bonchev–Trinajstić information content (AvgIpc) is 2.58. The third-order valence-corrected chi connectivity index (χ3v) is 4.42. The van der Waals surface area contributed by atoms with Crippen molar-refractivity contribution in [2.75, 3.05) is 11.9 Å². The third kappa shape index (κ3) is 5.07. The number of nitrogens with one attached hydrogen (secondary N) is 1. The lowest BCUT2D eigenvalue weighted by molar-refractivity contribution is -0.112. The number of nitrogens with zero attached hydrogens (tertiary/aromatic N) is 1. The Morgan fingerprint density at radius 3 is 2.68 bits per heavy atom. The first kappa shape index (κ1) is 19.0. The highest BCUT2D eigenvalue weighted by Gasteiger charge is 2.11. The molecule has 0 heterocycles. The maximum Gasteiger partial charge on any atom is 0.266 e. The van der Waals surface area contributed by atoms with Gasteiger partial charge in [0.15, 0.2) is 0 Å². The molecule has 0 spiro atoms. The molecule has 0 aliphatic carbocycles. The van der Waals surface area contributed by atoms with Gasteiger partial charge in [-0.15, -0.1) is 0 Å². The van der Waals surface area contributed by atoms with Crippen LogP contribution in [0.2, 0.25) is 0 Å². The summed E-state index contributed by atoms with van der Waals surface area (Å²) in [6.07, 6.45) is 1.58. The quantitative estimate of drug-likeness (QED) is 0.406. The largest absolute Gasteiger partial charge is 0.493 e. The van der Waals surface area contributed by atoms with Crippen LogP contribution in [-0.2, 0) is 4.79 Å². The zero-order valence-corrected chi connectivity index (χ0v) is 16.5. The molecule has 0 aromatic heterocycles. The minimum atomic E-state index is -0.417. The van der Waals surface area contributed by atoms with Crippen molar-refractivity contribution in [3.63, 3.8) is 0 Å². The number of carbonyl (C=O) groups is 1. The summed E-state index contributed by atoms with van der Waals surface area (Å²) < 4.78 is 6.43. The van der Waals surface area contributed by atoms with Gasteiger partial charge >= 0.3 is 0 Å². The van der Waals surface area contributed by atoms with Crippen molar-refractivity contribution in [3.05, 3.63) is 62.2 Å². The molecular weight excluding hydrogens is 427 g/mol. The Morgan fingerprint density at radius 2 is 2.04 bits per heavy atom. The van der Waals surface area contributed by atoms with E-state index in [1.807, 2.05) is 63.2 Å². The van der Waals surface area contributed by atoms with Crippen LogP contribution in [0.4, 0.5) is 5.69 Å². The van der Waals surface area contributed by atoms with Crippen LogP contribution in [0.1, 0.15) is 23.6 Å². The summed E-state index contributed by atoms with van der Waals surface area (Å²) in [4.78, 5) is 12.4. The van der Waals surface area contributed by atoms with E-state index in [2.05, 4.69) is 27.9 Å². The highest BCUT2D eigenvalue weighted by molar-refractivity contribution is 14.1. The average molecular weight is 446 g/mol. The van der Waals surface area contributed by atoms with Crippen molar-refractivity contribution in [1.82, 2.24) is 0 Å². The lowest BCUT2D eigenvalue weighted by Gasteiger charge is -2.09. The Hall–Kier alpha value is -2.33. The minimum Gasteiger partial charge on any atom is -0.493 e. The van der Waals surface area contributed by atoms with E-state index in [-0.39, 0.29) is 5.57 Å². The predicted octanol–water partition coefficient (Wildman–Crippen LogP) is 4.85. The van der Waals surface area contributed by atoms with Crippen molar-refractivity contribution in [1.29, 1.82) is 5.26 Å². The summed E-state index contributed by atoms with van der Waals surface area (Å²) in [7, 11) is 0. The van der Waals surface area contributed by atoms with Gasteiger partial charge in [-0.25, -0.2) is 0 Å². The number of nitriles is 1. The van der Waals surface area contributed by atoms with Gasteiger partial charge in [0.2, 0.25) is 0 Å². The molecule has 0 atom stereocenters. The molecule has 0 bridgehead atoms. The normalized spacial score (nSPS) is 10.9. The zero-order chi connectivity index (χ0) is 18.4. The molecule has 0 aliphatic heterocycles. The first-order valence-corrected chi connectivity index (χ1v) is 8.95. The fraction of sp³-hybridized carbons (Fsp3) is 0.200. The molecule has 0 unspecified atom stereocenters. The number of ether oxygens (including phenoxy) is 1. The monoisotopic (exact) mass is 446 g/mol. The van der Waals surface area contributed by atoms with E-state index in [1.165, 1.54) is 0 Å². The first-order chi connectivity index (χ1) is 11.9. The van der Waals surface area contributed by atoms with E-state index in [0.29, 0.717) is 12.3 Å². The summed E-state index contributed by atoms with van der Waals surface area (Å²) in [5.41, 5.74) is 3.55. The molecule has 1 N–H and O–H groups in total. The molecule has 0 saturated heterocycles. The van der Waals surface area contributed by atoms with Crippen LogP contribution >= 0.6 is 22.6 Å². The van der Waals surface area contributed by atoms with Crippen LogP contribution in [-0.4, -0.2) is 12.5 Å². The van der Waals surface area contributed by atoms with E-state index >= 15 is 0 Å². The fourth-order valence-electron chi connectivity index (χ4n) is 2.25. The van der Waals surface area contributed by atoms with Crippen molar-refractivity contribution in [2.45, 2.75) is 20.8 Å². The van der Waals surface area contributed by atoms with Crippen LogP contribution in [0.15, 0.2) is 42.0 Å². The van der Waals surface area contributed by atoms with Gasteiger partial charge in [-0.05, 0) is 84.3 Å². The van der Waals surface area contributed by atoms with Crippen LogP contribution in [0.25, 0.3) is 6.08 Å². The number of halogens is 1. The molecule has 5 heteroatoms. The Balaban J connectivity index is 2.25. The van der Waals surface area contributed by atoms with Gasteiger partial charge in [-0.3, -0.25) is 4.79 Å². The van der Waals surface area contributed by atoms with Crippen molar-refractivity contribution >= 4 is 40.3 Å². The molecule has 0 saturated carbocycles. The van der Waals surface area contributed by atoms with Crippen LogP contribution in [0.3, 0.4) is 0 Å². The van der Waals surface area contributed by atoms with E-state index in [9.17, 15) is 10.1 Å². The highest BCUT2D eigenvalue weighted by atomic mass is 127. The van der Waals surface area contributed by atoms with E-state index < -0.39 is 5.91 Å². The van der Waals surface area contributed by atoms with E-state index in [4.69, 9.17) is 4.74 Å². The van der Waals surface area contributed by atoms with Gasteiger partial charge in [-0.1, -0.05) is 18.2 Å². The number of anilines is 1. The summed E-state index contributed by atoms with van der Waals surface area (Å²) in [5, 5.41) is 12.2. The van der Waals surface area contributed by atoms with Crippen molar-refractivity contribution in [3.8, 4) is 11.8 Å². The summed E-state index contributed by atoms with van der Waals surface area (Å²) in [6, 6.07) is 13.3. The Labute approximate surface area is 161 Å². The van der Waals surface area contributed by atoms with Gasteiger partial charge in [-0.2, -0.15) is 5.26 Å². The SMILES string of the molecule is CCOc1ccc(/C=C(\C#N)C(=O)Nc2cc(C)ccc2C)cc1I. The third-order valence-electron chi connectivity index (χ3n) is 3.57. The number of hydrogen-bond donors (Lipinski definition) is 1. The summed E-state index contributed by atoms with van der Waals surface area (Å²) in [6.45, 7) is 6.39. The standard InChI is InChI=1S/C20H19IN2O2/c1-4-25-19-8-7-15(11-17(19)21)10-16(12-22)20(24)23-18-9-13(2)5-6-14(18)3/h5-11H,4H2,1-3H3,(H,23,24)/b16-10+. The molecule has 2 aromatic carbocycles. The predicted molar refractivity (Wildman–Crippen MR) is 108 cm³/mol. The molecule has 0 radical (unpaired) electrons. The second-order valence-corrected chi connectivity index (χ2v) is 6.73. The molecule has 4 nitrogen and oxygen atoms in total. The van der Waals surface area contributed by atoms with Gasteiger partial charge in [0.1, 0.15) is 17.4 Å². The first-order valence-electron chi connectivity index (χ1n) is 7.87. The lowest BCUT2D eigenvalue weighted by Crippen LogP contribution is -2.14. The van der Waals surface area contributed by atoms with Crippen LogP contribution < -0.4 is 10.1 Å². The van der Waals surface area contributed by atoms with Gasteiger partial charge < -0.3 is 10.1 Å². The number of benzene rings is 2.